The van der Waals surface area contributed by atoms with Gasteiger partial charge in [0.25, 0.3) is 0 Å². The molecule has 102 valence electrons. The molecule has 0 aromatic heterocycles. The summed E-state index contributed by atoms with van der Waals surface area (Å²) in [6.45, 7) is 0. The number of halogens is 2. The van der Waals surface area contributed by atoms with Crippen molar-refractivity contribution in [2.45, 2.75) is 4.90 Å². The van der Waals surface area contributed by atoms with Crippen LogP contribution in [0.5, 0.6) is 0 Å². The fourth-order valence-corrected chi connectivity index (χ4v) is 2.13. The van der Waals surface area contributed by atoms with Crippen LogP contribution in [0.4, 0.5) is 0 Å². The van der Waals surface area contributed by atoms with Crippen LogP contribution in [0.2, 0.25) is 0 Å². The average molecular weight is 430 g/mol. The van der Waals surface area contributed by atoms with Crippen molar-refractivity contribution < 1.29 is 13.6 Å². The Kier molecular flexibility index (Phi) is 10.9. The SMILES string of the molecule is O=Cc1ccccc1Br.O=S(O)c1ccc(Br)cc1.[NaH]. The zero-order chi connectivity index (χ0) is 14.3. The molecule has 0 amide bonds. The first-order chi connectivity index (χ1) is 9.04. The van der Waals surface area contributed by atoms with Crippen molar-refractivity contribution in [2.75, 3.05) is 0 Å². The van der Waals surface area contributed by atoms with Crippen molar-refractivity contribution in [1.29, 1.82) is 0 Å². The van der Waals surface area contributed by atoms with Crippen LogP contribution in [0.3, 0.4) is 0 Å². The van der Waals surface area contributed by atoms with Gasteiger partial charge < -0.3 is 4.55 Å². The second-order valence-electron chi connectivity index (χ2n) is 3.34. The number of aldehydes is 1. The van der Waals surface area contributed by atoms with Gasteiger partial charge in [-0.2, -0.15) is 0 Å². The molecule has 7 heteroatoms. The van der Waals surface area contributed by atoms with Crippen molar-refractivity contribution in [1.82, 2.24) is 0 Å². The van der Waals surface area contributed by atoms with E-state index in [0.717, 1.165) is 15.2 Å². The summed E-state index contributed by atoms with van der Waals surface area (Å²) >= 11 is 4.58. The third-order valence-corrected chi connectivity index (χ3v) is 3.97. The Hall–Kier alpha value is 0.180. The summed E-state index contributed by atoms with van der Waals surface area (Å²) < 4.78 is 20.7. The number of carbonyl (C=O) groups is 1. The Bertz CT molecular complexity index is 576. The summed E-state index contributed by atoms with van der Waals surface area (Å²) in [5.74, 6) is 0. The predicted molar refractivity (Wildman–Crippen MR) is 89.9 cm³/mol. The van der Waals surface area contributed by atoms with Crippen molar-refractivity contribution in [3.05, 3.63) is 63.0 Å². The summed E-state index contributed by atoms with van der Waals surface area (Å²) in [5, 5.41) is 0. The second-order valence-corrected chi connectivity index (χ2v) is 6.08. The Labute approximate surface area is 159 Å². The minimum atomic E-state index is -1.86. The second kappa shape index (κ2) is 10.8. The number of hydrogen-bond acceptors (Lipinski definition) is 2. The van der Waals surface area contributed by atoms with E-state index in [1.807, 2.05) is 18.2 Å². The van der Waals surface area contributed by atoms with Gasteiger partial charge in [-0.15, -0.1) is 0 Å². The van der Waals surface area contributed by atoms with E-state index in [0.29, 0.717) is 10.5 Å². The van der Waals surface area contributed by atoms with Gasteiger partial charge in [0.15, 0.2) is 17.4 Å². The molecule has 1 unspecified atom stereocenters. The first-order valence-corrected chi connectivity index (χ1v) is 7.80. The molecule has 0 saturated heterocycles. The molecule has 0 radical (unpaired) electrons. The van der Waals surface area contributed by atoms with Crippen molar-refractivity contribution in [2.24, 2.45) is 0 Å². The van der Waals surface area contributed by atoms with Crippen LogP contribution < -0.4 is 0 Å². The molecule has 1 atom stereocenters. The van der Waals surface area contributed by atoms with E-state index < -0.39 is 11.1 Å². The van der Waals surface area contributed by atoms with Crippen LogP contribution >= 0.6 is 31.9 Å². The molecule has 0 bridgehead atoms. The number of benzene rings is 2. The Morgan fingerprint density at radius 1 is 1.00 bits per heavy atom. The monoisotopic (exact) mass is 428 g/mol. The van der Waals surface area contributed by atoms with Crippen LogP contribution in [0.25, 0.3) is 0 Å². The Balaban J connectivity index is 0.000000345. The van der Waals surface area contributed by atoms with Crippen molar-refractivity contribution in [3.8, 4) is 0 Å². The molecule has 0 aliphatic rings. The first kappa shape index (κ1) is 20.2. The molecule has 2 rings (SSSR count). The minimum absolute atomic E-state index is 0. The fourth-order valence-electron chi connectivity index (χ4n) is 1.12. The fraction of sp³-hybridized carbons (Fsp3) is 0. The van der Waals surface area contributed by atoms with Gasteiger partial charge in [0.1, 0.15) is 0 Å². The van der Waals surface area contributed by atoms with Gasteiger partial charge in [0.2, 0.25) is 0 Å². The number of rotatable bonds is 2. The average Bonchev–Trinajstić information content (AvgIpc) is 2.40. The third-order valence-electron chi connectivity index (χ3n) is 2.05. The van der Waals surface area contributed by atoms with E-state index in [1.54, 1.807) is 30.3 Å². The summed E-state index contributed by atoms with van der Waals surface area (Å²) in [5.41, 5.74) is 0.692. The molecule has 2 aromatic carbocycles. The van der Waals surface area contributed by atoms with E-state index in [9.17, 15) is 9.00 Å². The van der Waals surface area contributed by atoms with Crippen LogP contribution in [0.1, 0.15) is 10.4 Å². The molecule has 0 spiro atoms. The van der Waals surface area contributed by atoms with Gasteiger partial charge in [-0.1, -0.05) is 50.1 Å². The topological polar surface area (TPSA) is 54.4 Å². The standard InChI is InChI=1S/C7H5BrO.C6H5BrO2S.Na.H/c8-7-4-2-1-3-6(7)5-9;7-5-1-3-6(4-2-5)10(8)9;;/h1-5H;1-4H,(H,8,9);;. The predicted octanol–water partition coefficient (Wildman–Crippen LogP) is 3.64. The zero-order valence-corrected chi connectivity index (χ0v) is 13.6. The van der Waals surface area contributed by atoms with Crippen LogP contribution in [-0.4, -0.2) is 44.6 Å². The van der Waals surface area contributed by atoms with Gasteiger partial charge in [0, 0.05) is 14.5 Å². The normalized spacial score (nSPS) is 10.6. The van der Waals surface area contributed by atoms with E-state index in [1.165, 1.54) is 0 Å². The molecule has 3 nitrogen and oxygen atoms in total. The molecule has 0 aliphatic heterocycles. The van der Waals surface area contributed by atoms with E-state index in [4.69, 9.17) is 4.55 Å². The number of hydrogen-bond donors (Lipinski definition) is 1. The van der Waals surface area contributed by atoms with Gasteiger partial charge in [-0.3, -0.25) is 4.79 Å². The molecule has 0 heterocycles. The van der Waals surface area contributed by atoms with Gasteiger partial charge in [-0.25, -0.2) is 4.21 Å². The molecule has 0 saturated carbocycles. The van der Waals surface area contributed by atoms with Gasteiger partial charge in [-0.05, 0) is 30.3 Å². The molecular weight excluding hydrogens is 419 g/mol. The number of carbonyl (C=O) groups excluding carboxylic acids is 1. The van der Waals surface area contributed by atoms with Gasteiger partial charge in [0.05, 0.1) is 4.90 Å². The Morgan fingerprint density at radius 2 is 1.55 bits per heavy atom. The zero-order valence-electron chi connectivity index (χ0n) is 9.62. The van der Waals surface area contributed by atoms with Crippen LogP contribution in [0, 0.1) is 0 Å². The van der Waals surface area contributed by atoms with E-state index >= 15 is 0 Å². The molecule has 2 aromatic rings. The first-order valence-electron chi connectivity index (χ1n) is 5.10. The summed E-state index contributed by atoms with van der Waals surface area (Å²) in [6, 6.07) is 13.9. The van der Waals surface area contributed by atoms with E-state index in [2.05, 4.69) is 31.9 Å². The maximum atomic E-state index is 10.4. The van der Waals surface area contributed by atoms with Crippen molar-refractivity contribution in [3.63, 3.8) is 0 Å². The maximum absolute atomic E-state index is 10.4. The summed E-state index contributed by atoms with van der Waals surface area (Å²) in [4.78, 5) is 10.6. The molecule has 0 aliphatic carbocycles. The quantitative estimate of drug-likeness (QED) is 0.450. The molecule has 0 fully saturated rings. The third kappa shape index (κ3) is 7.26. The Morgan fingerprint density at radius 3 is 1.95 bits per heavy atom. The van der Waals surface area contributed by atoms with Crippen LogP contribution in [0.15, 0.2) is 62.4 Å². The van der Waals surface area contributed by atoms with E-state index in [-0.39, 0.29) is 29.6 Å². The van der Waals surface area contributed by atoms with Crippen molar-refractivity contribution >= 4 is 78.8 Å². The van der Waals surface area contributed by atoms with Gasteiger partial charge >= 0.3 is 29.6 Å². The molecular formula is C13H11Br2NaO3S. The molecule has 20 heavy (non-hydrogen) atoms. The molecule has 1 N–H and O–H groups in total. The summed E-state index contributed by atoms with van der Waals surface area (Å²) in [7, 11) is 0. The van der Waals surface area contributed by atoms with Crippen LogP contribution in [-0.2, 0) is 11.1 Å². The summed E-state index contributed by atoms with van der Waals surface area (Å²) in [6.07, 6.45) is 0.823.